The molecule has 2 rings (SSSR count). The summed E-state index contributed by atoms with van der Waals surface area (Å²) in [5.41, 5.74) is 1.03. The third kappa shape index (κ3) is 6.76. The topological polar surface area (TPSA) is 54.9 Å². The van der Waals surface area contributed by atoms with E-state index in [4.69, 9.17) is 21.1 Å². The van der Waals surface area contributed by atoms with E-state index in [1.54, 1.807) is 7.05 Å². The first-order valence-corrected chi connectivity index (χ1v) is 9.53. The molecule has 0 saturated heterocycles. The normalized spacial score (nSPS) is 13.2. The van der Waals surface area contributed by atoms with E-state index < -0.39 is 0 Å². The molecule has 0 atom stereocenters. The molecule has 0 spiro atoms. The van der Waals surface area contributed by atoms with Crippen LogP contribution in [0.2, 0.25) is 5.02 Å². The third-order valence-corrected chi connectivity index (χ3v) is 4.39. The summed E-state index contributed by atoms with van der Waals surface area (Å²) in [7, 11) is 1.77. The van der Waals surface area contributed by atoms with Crippen molar-refractivity contribution in [1.29, 1.82) is 0 Å². The van der Waals surface area contributed by atoms with Crippen molar-refractivity contribution in [3.63, 3.8) is 0 Å². The molecule has 24 heavy (non-hydrogen) atoms. The van der Waals surface area contributed by atoms with Crippen molar-refractivity contribution in [3.8, 4) is 11.5 Å². The fourth-order valence-corrected chi connectivity index (χ4v) is 3.03. The molecule has 0 bridgehead atoms. The van der Waals surface area contributed by atoms with Crippen molar-refractivity contribution in [1.82, 2.24) is 10.6 Å². The lowest BCUT2D eigenvalue weighted by Crippen LogP contribution is -2.37. The number of fused-ring (bicyclic) bond motifs is 1. The lowest BCUT2D eigenvalue weighted by Gasteiger charge is -2.20. The Morgan fingerprint density at radius 3 is 2.79 bits per heavy atom. The van der Waals surface area contributed by atoms with Gasteiger partial charge < -0.3 is 20.1 Å². The van der Waals surface area contributed by atoms with Crippen LogP contribution in [0.1, 0.15) is 18.4 Å². The molecule has 0 aromatic heterocycles. The Kier molecular flexibility index (Phi) is 10.7. The Morgan fingerprint density at radius 2 is 2.04 bits per heavy atom. The lowest BCUT2D eigenvalue weighted by molar-refractivity contribution is 0.171. The van der Waals surface area contributed by atoms with E-state index in [9.17, 15) is 0 Å². The van der Waals surface area contributed by atoms with Crippen LogP contribution in [-0.2, 0) is 6.54 Å². The van der Waals surface area contributed by atoms with E-state index in [0.717, 1.165) is 24.5 Å². The Hall–Kier alpha value is -0.540. The van der Waals surface area contributed by atoms with Crippen LogP contribution in [0.5, 0.6) is 11.5 Å². The van der Waals surface area contributed by atoms with Gasteiger partial charge in [0.05, 0.1) is 5.02 Å². The Labute approximate surface area is 170 Å². The van der Waals surface area contributed by atoms with Gasteiger partial charge in [-0.25, -0.2) is 0 Å². The summed E-state index contributed by atoms with van der Waals surface area (Å²) < 4.78 is 11.1. The number of thioether (sulfide) groups is 1. The summed E-state index contributed by atoms with van der Waals surface area (Å²) in [6, 6.07) is 3.85. The van der Waals surface area contributed by atoms with Gasteiger partial charge in [0.15, 0.2) is 17.5 Å². The molecule has 0 radical (unpaired) electrons. The maximum absolute atomic E-state index is 6.25. The molecule has 1 aliphatic heterocycles. The minimum absolute atomic E-state index is 0. The highest BCUT2D eigenvalue weighted by atomic mass is 127. The molecule has 1 aliphatic rings. The predicted octanol–water partition coefficient (Wildman–Crippen LogP) is 3.54. The fourth-order valence-electron chi connectivity index (χ4n) is 2.25. The molecule has 5 nitrogen and oxygen atoms in total. The van der Waals surface area contributed by atoms with Gasteiger partial charge in [-0.15, -0.1) is 24.0 Å². The van der Waals surface area contributed by atoms with Crippen LogP contribution in [0.25, 0.3) is 0 Å². The van der Waals surface area contributed by atoms with Crippen LogP contribution >= 0.6 is 47.3 Å². The number of nitrogens with one attached hydrogen (secondary N) is 2. The quantitative estimate of drug-likeness (QED) is 0.268. The van der Waals surface area contributed by atoms with Crippen LogP contribution in [-0.4, -0.2) is 44.8 Å². The molecule has 1 aromatic carbocycles. The average molecular weight is 486 g/mol. The Balaban J connectivity index is 0.00000288. The summed E-state index contributed by atoms with van der Waals surface area (Å²) in [6.07, 6.45) is 4.48. The summed E-state index contributed by atoms with van der Waals surface area (Å²) >= 11 is 8.13. The zero-order valence-corrected chi connectivity index (χ0v) is 18.0. The number of unbranched alkanes of at least 4 members (excludes halogenated alkanes) is 1. The summed E-state index contributed by atoms with van der Waals surface area (Å²) in [5.74, 6) is 3.34. The van der Waals surface area contributed by atoms with Crippen molar-refractivity contribution >= 4 is 53.3 Å². The SMILES string of the molecule is CN=C(NCCCCSC)NCc1cc(Cl)c2c(c1)OCCO2.I. The summed E-state index contributed by atoms with van der Waals surface area (Å²) in [5, 5.41) is 7.19. The molecule has 1 heterocycles. The van der Waals surface area contributed by atoms with Gasteiger partial charge in [0.1, 0.15) is 13.2 Å². The van der Waals surface area contributed by atoms with Gasteiger partial charge in [0.2, 0.25) is 0 Å². The maximum Gasteiger partial charge on any atom is 0.191 e. The van der Waals surface area contributed by atoms with E-state index in [1.807, 2.05) is 23.9 Å². The van der Waals surface area contributed by atoms with E-state index in [2.05, 4.69) is 21.9 Å². The number of rotatable bonds is 7. The molecule has 0 aliphatic carbocycles. The molecule has 0 fully saturated rings. The molecular formula is C16H25ClIN3O2S. The first kappa shape index (κ1) is 21.5. The number of benzene rings is 1. The number of hydrogen-bond donors (Lipinski definition) is 2. The summed E-state index contributed by atoms with van der Waals surface area (Å²) in [6.45, 7) is 2.64. The van der Waals surface area contributed by atoms with Crippen molar-refractivity contribution in [2.75, 3.05) is 38.8 Å². The van der Waals surface area contributed by atoms with Gasteiger partial charge in [-0.1, -0.05) is 11.6 Å². The number of ether oxygens (including phenoxy) is 2. The molecule has 136 valence electrons. The number of halogens is 2. The molecule has 8 heteroatoms. The highest BCUT2D eigenvalue weighted by Crippen LogP contribution is 2.38. The maximum atomic E-state index is 6.25. The van der Waals surface area contributed by atoms with Crippen LogP contribution < -0.4 is 20.1 Å². The van der Waals surface area contributed by atoms with Gasteiger partial charge in [-0.2, -0.15) is 11.8 Å². The minimum atomic E-state index is 0. The number of hydrogen-bond acceptors (Lipinski definition) is 4. The molecule has 0 unspecified atom stereocenters. The van der Waals surface area contributed by atoms with E-state index >= 15 is 0 Å². The second-order valence-corrected chi connectivity index (χ2v) is 6.55. The molecule has 2 N–H and O–H groups in total. The van der Waals surface area contributed by atoms with Crippen molar-refractivity contribution < 1.29 is 9.47 Å². The van der Waals surface area contributed by atoms with Crippen LogP contribution in [0, 0.1) is 0 Å². The molecular weight excluding hydrogens is 461 g/mol. The largest absolute Gasteiger partial charge is 0.486 e. The Bertz CT molecular complexity index is 546. The third-order valence-electron chi connectivity index (χ3n) is 3.41. The smallest absolute Gasteiger partial charge is 0.191 e. The van der Waals surface area contributed by atoms with E-state index in [-0.39, 0.29) is 24.0 Å². The Morgan fingerprint density at radius 1 is 1.25 bits per heavy atom. The molecule has 1 aromatic rings. The van der Waals surface area contributed by atoms with Gasteiger partial charge in [-0.3, -0.25) is 4.99 Å². The molecule has 0 amide bonds. The highest BCUT2D eigenvalue weighted by Gasteiger charge is 2.16. The minimum Gasteiger partial charge on any atom is -0.486 e. The standard InChI is InChI=1S/C16H24ClN3O2S.HI/c1-18-16(19-5-3-4-8-23-2)20-11-12-9-13(17)15-14(10-12)21-6-7-22-15;/h9-10H,3-8,11H2,1-2H3,(H2,18,19,20);1H. The zero-order valence-electron chi connectivity index (χ0n) is 14.1. The van der Waals surface area contributed by atoms with Gasteiger partial charge in [-0.05, 0) is 42.5 Å². The number of guanidine groups is 1. The highest BCUT2D eigenvalue weighted by molar-refractivity contribution is 14.0. The lowest BCUT2D eigenvalue weighted by atomic mass is 10.2. The van der Waals surface area contributed by atoms with Crippen LogP contribution in [0.3, 0.4) is 0 Å². The van der Waals surface area contributed by atoms with E-state index in [0.29, 0.717) is 36.3 Å². The number of nitrogens with zero attached hydrogens (tertiary/aromatic N) is 1. The van der Waals surface area contributed by atoms with Crippen LogP contribution in [0.4, 0.5) is 0 Å². The zero-order chi connectivity index (χ0) is 16.5. The average Bonchev–Trinajstić information content (AvgIpc) is 2.57. The first-order valence-electron chi connectivity index (χ1n) is 7.76. The van der Waals surface area contributed by atoms with Gasteiger partial charge in [0.25, 0.3) is 0 Å². The fraction of sp³-hybridized carbons (Fsp3) is 0.562. The first-order chi connectivity index (χ1) is 11.2. The van der Waals surface area contributed by atoms with Gasteiger partial charge >= 0.3 is 0 Å². The van der Waals surface area contributed by atoms with Crippen LogP contribution in [0.15, 0.2) is 17.1 Å². The molecule has 0 saturated carbocycles. The van der Waals surface area contributed by atoms with Crippen molar-refractivity contribution in [2.24, 2.45) is 4.99 Å². The summed E-state index contributed by atoms with van der Waals surface area (Å²) in [4.78, 5) is 4.23. The predicted molar refractivity (Wildman–Crippen MR) is 114 cm³/mol. The number of aliphatic imine (C=N–C) groups is 1. The van der Waals surface area contributed by atoms with E-state index in [1.165, 1.54) is 12.2 Å². The van der Waals surface area contributed by atoms with Gasteiger partial charge in [0, 0.05) is 20.1 Å². The van der Waals surface area contributed by atoms with Crippen molar-refractivity contribution in [3.05, 3.63) is 22.7 Å². The second-order valence-electron chi connectivity index (χ2n) is 5.15. The van der Waals surface area contributed by atoms with Crippen molar-refractivity contribution in [2.45, 2.75) is 19.4 Å². The monoisotopic (exact) mass is 485 g/mol. The second kappa shape index (κ2) is 11.9.